The van der Waals surface area contributed by atoms with Crippen LogP contribution in [-0.2, 0) is 6.42 Å². The van der Waals surface area contributed by atoms with E-state index in [4.69, 9.17) is 15.0 Å². The Balaban J connectivity index is 1.01. The zero-order chi connectivity index (χ0) is 45.4. The predicted octanol–water partition coefficient (Wildman–Crippen LogP) is 15.6. The van der Waals surface area contributed by atoms with E-state index >= 15 is 0 Å². The number of allylic oxidation sites excluding steroid dienone is 1. The van der Waals surface area contributed by atoms with E-state index in [-0.39, 0.29) is 0 Å². The van der Waals surface area contributed by atoms with Gasteiger partial charge in [0.05, 0.1) is 39.0 Å². The molecule has 0 unspecified atom stereocenters. The van der Waals surface area contributed by atoms with Crippen LogP contribution in [0.4, 0.5) is 0 Å². The summed E-state index contributed by atoms with van der Waals surface area (Å²) in [4.78, 5) is 15.4. The Hall–Kier alpha value is -9.13. The lowest BCUT2D eigenvalue weighted by Gasteiger charge is -2.18. The van der Waals surface area contributed by atoms with Crippen LogP contribution in [0.5, 0.6) is 0 Å². The molecular formula is C63H42N6. The Morgan fingerprint density at radius 3 is 1.36 bits per heavy atom. The number of fused-ring (bicyclic) bond motifs is 9. The Kier molecular flexibility index (Phi) is 8.92. The number of hydrogen-bond acceptors (Lipinski definition) is 3. The SMILES string of the molecule is C1=Cc2c(n(-c3ccccc3)c3ccc(-c4ccc5c(c4)c4ccccc4n5-c4cc(-c5nc(-c6ccccc6)nc(-c6ccccc6)n5)ccc4-n4c5ccccc5c5ccccc54)cc23)CC1. The molecule has 0 atom stereocenters. The van der Waals surface area contributed by atoms with Gasteiger partial charge in [0.1, 0.15) is 0 Å². The van der Waals surface area contributed by atoms with E-state index in [1.54, 1.807) is 0 Å². The zero-order valence-electron chi connectivity index (χ0n) is 37.5. The van der Waals surface area contributed by atoms with Crippen LogP contribution >= 0.6 is 0 Å². The predicted molar refractivity (Wildman–Crippen MR) is 284 cm³/mol. The van der Waals surface area contributed by atoms with Crippen molar-refractivity contribution in [2.45, 2.75) is 12.8 Å². The second-order valence-electron chi connectivity index (χ2n) is 17.9. The van der Waals surface area contributed by atoms with E-state index in [0.29, 0.717) is 17.5 Å². The molecule has 4 aromatic heterocycles. The maximum absolute atomic E-state index is 5.21. The summed E-state index contributed by atoms with van der Waals surface area (Å²) in [5, 5.41) is 6.06. The minimum atomic E-state index is 0.606. The van der Waals surface area contributed by atoms with Crippen LogP contribution in [0.1, 0.15) is 17.7 Å². The van der Waals surface area contributed by atoms with Gasteiger partial charge in [0.2, 0.25) is 0 Å². The number of aromatic nitrogens is 6. The largest absolute Gasteiger partial charge is 0.313 e. The van der Waals surface area contributed by atoms with Gasteiger partial charge in [0.25, 0.3) is 0 Å². The molecule has 13 aromatic rings. The maximum atomic E-state index is 5.21. The standard InChI is InChI=1S/C63H42N6/c1-4-18-41(19-5-1)61-64-62(42-20-6-2-7-21-42)66-63(65-61)45-34-37-59(68-54-29-15-10-24-47(54)48-25-11-16-30-55(48)68)60(40-45)69-56-31-17-13-27-50(56)52-39-44(33-36-58(52)69)43-32-35-57-51(38-43)49-26-12-14-28-53(49)67(57)46-22-8-3-9-23-46/h1-13,15-27,29-40H,14,28H2. The summed E-state index contributed by atoms with van der Waals surface area (Å²) in [6.07, 6.45) is 6.71. The molecule has 0 radical (unpaired) electrons. The molecule has 0 fully saturated rings. The third-order valence-corrected chi connectivity index (χ3v) is 14.0. The Bertz CT molecular complexity index is 4070. The second-order valence-corrected chi connectivity index (χ2v) is 17.9. The Labute approximate surface area is 398 Å². The van der Waals surface area contributed by atoms with Gasteiger partial charge in [-0.25, -0.2) is 15.0 Å². The van der Waals surface area contributed by atoms with Gasteiger partial charge in [-0.2, -0.15) is 0 Å². The number of hydrogen-bond donors (Lipinski definition) is 0. The summed E-state index contributed by atoms with van der Waals surface area (Å²) in [5.74, 6) is 1.86. The molecule has 0 spiro atoms. The van der Waals surface area contributed by atoms with Gasteiger partial charge in [-0.1, -0.05) is 158 Å². The highest BCUT2D eigenvalue weighted by molar-refractivity contribution is 6.12. The first-order chi connectivity index (χ1) is 34.2. The minimum absolute atomic E-state index is 0.606. The number of nitrogens with zero attached hydrogens (tertiary/aromatic N) is 6. The van der Waals surface area contributed by atoms with Crippen LogP contribution in [0.25, 0.3) is 123 Å². The van der Waals surface area contributed by atoms with Gasteiger partial charge in [0, 0.05) is 60.6 Å². The summed E-state index contributed by atoms with van der Waals surface area (Å²) in [5.41, 5.74) is 16.8. The van der Waals surface area contributed by atoms with Crippen molar-refractivity contribution in [2.24, 2.45) is 0 Å². The molecule has 1 aliphatic rings. The van der Waals surface area contributed by atoms with Gasteiger partial charge in [-0.15, -0.1) is 0 Å². The molecule has 0 bridgehead atoms. The topological polar surface area (TPSA) is 53.5 Å². The van der Waals surface area contributed by atoms with Crippen molar-refractivity contribution in [1.82, 2.24) is 28.7 Å². The zero-order valence-corrected chi connectivity index (χ0v) is 37.5. The molecule has 69 heavy (non-hydrogen) atoms. The van der Waals surface area contributed by atoms with Crippen LogP contribution in [0.2, 0.25) is 0 Å². The highest BCUT2D eigenvalue weighted by atomic mass is 15.1. The molecule has 0 N–H and O–H groups in total. The molecule has 14 rings (SSSR count). The van der Waals surface area contributed by atoms with E-state index in [0.717, 1.165) is 63.0 Å². The van der Waals surface area contributed by atoms with Crippen molar-refractivity contribution in [3.05, 3.63) is 236 Å². The molecule has 6 nitrogen and oxygen atoms in total. The van der Waals surface area contributed by atoms with Crippen LogP contribution in [-0.4, -0.2) is 28.7 Å². The highest BCUT2D eigenvalue weighted by Gasteiger charge is 2.23. The monoisotopic (exact) mass is 882 g/mol. The molecule has 0 saturated heterocycles. The fourth-order valence-corrected chi connectivity index (χ4v) is 10.8. The fourth-order valence-electron chi connectivity index (χ4n) is 10.8. The van der Waals surface area contributed by atoms with E-state index in [9.17, 15) is 0 Å². The minimum Gasteiger partial charge on any atom is -0.313 e. The quantitative estimate of drug-likeness (QED) is 0.160. The normalized spacial score (nSPS) is 12.5. The Morgan fingerprint density at radius 1 is 0.319 bits per heavy atom. The first-order valence-corrected chi connectivity index (χ1v) is 23.7. The summed E-state index contributed by atoms with van der Waals surface area (Å²) >= 11 is 0. The molecule has 0 aliphatic heterocycles. The molecule has 6 heteroatoms. The van der Waals surface area contributed by atoms with E-state index < -0.39 is 0 Å². The maximum Gasteiger partial charge on any atom is 0.164 e. The van der Waals surface area contributed by atoms with Crippen molar-refractivity contribution in [3.8, 4) is 62.4 Å². The third-order valence-electron chi connectivity index (χ3n) is 14.0. The molecule has 4 heterocycles. The van der Waals surface area contributed by atoms with Gasteiger partial charge in [-0.05, 0) is 96.8 Å². The molecule has 9 aromatic carbocycles. The van der Waals surface area contributed by atoms with Crippen LogP contribution in [0.15, 0.2) is 224 Å². The van der Waals surface area contributed by atoms with Crippen molar-refractivity contribution < 1.29 is 0 Å². The van der Waals surface area contributed by atoms with Gasteiger partial charge >= 0.3 is 0 Å². The van der Waals surface area contributed by atoms with Crippen LogP contribution < -0.4 is 0 Å². The molecule has 324 valence electrons. The summed E-state index contributed by atoms with van der Waals surface area (Å²) in [6.45, 7) is 0. The van der Waals surface area contributed by atoms with Crippen molar-refractivity contribution in [1.29, 1.82) is 0 Å². The van der Waals surface area contributed by atoms with Gasteiger partial charge < -0.3 is 13.7 Å². The Morgan fingerprint density at radius 2 is 0.768 bits per heavy atom. The molecule has 0 amide bonds. The summed E-state index contributed by atoms with van der Waals surface area (Å²) < 4.78 is 7.32. The van der Waals surface area contributed by atoms with Gasteiger partial charge in [-0.3, -0.25) is 0 Å². The first kappa shape index (κ1) is 39.1. The van der Waals surface area contributed by atoms with Crippen molar-refractivity contribution >= 4 is 60.6 Å². The van der Waals surface area contributed by atoms with Crippen LogP contribution in [0.3, 0.4) is 0 Å². The van der Waals surface area contributed by atoms with Gasteiger partial charge in [0.15, 0.2) is 17.5 Å². The fraction of sp³-hybridized carbons (Fsp3) is 0.0317. The lowest BCUT2D eigenvalue weighted by atomic mass is 9.98. The van der Waals surface area contributed by atoms with E-state index in [2.05, 4.69) is 208 Å². The average molecular weight is 883 g/mol. The lowest BCUT2D eigenvalue weighted by Crippen LogP contribution is -2.05. The highest BCUT2D eigenvalue weighted by Crippen LogP contribution is 2.42. The van der Waals surface area contributed by atoms with Crippen molar-refractivity contribution in [3.63, 3.8) is 0 Å². The second kappa shape index (κ2) is 15.8. The number of benzene rings is 9. The molecule has 0 saturated carbocycles. The first-order valence-electron chi connectivity index (χ1n) is 23.7. The average Bonchev–Trinajstić information content (AvgIpc) is 4.06. The smallest absolute Gasteiger partial charge is 0.164 e. The summed E-state index contributed by atoms with van der Waals surface area (Å²) in [7, 11) is 0. The van der Waals surface area contributed by atoms with E-state index in [1.165, 1.54) is 60.5 Å². The summed E-state index contributed by atoms with van der Waals surface area (Å²) in [6, 6.07) is 78.1. The third kappa shape index (κ3) is 6.30. The molecular weight excluding hydrogens is 841 g/mol. The number of rotatable bonds is 7. The molecule has 1 aliphatic carbocycles. The van der Waals surface area contributed by atoms with Crippen molar-refractivity contribution in [2.75, 3.05) is 0 Å². The van der Waals surface area contributed by atoms with E-state index in [1.807, 2.05) is 36.4 Å². The van der Waals surface area contributed by atoms with Crippen LogP contribution in [0, 0.1) is 0 Å². The number of para-hydroxylation sites is 4. The lowest BCUT2D eigenvalue weighted by molar-refractivity contribution is 0.888.